The van der Waals surface area contributed by atoms with Crippen LogP contribution in [-0.4, -0.2) is 9.97 Å². The molecule has 0 aliphatic heterocycles. The van der Waals surface area contributed by atoms with Gasteiger partial charge in [-0.15, -0.1) is 0 Å². The van der Waals surface area contributed by atoms with Gasteiger partial charge in [0.2, 0.25) is 5.88 Å². The lowest BCUT2D eigenvalue weighted by atomic mass is 10.1. The Morgan fingerprint density at radius 1 is 1.00 bits per heavy atom. The van der Waals surface area contributed by atoms with Gasteiger partial charge < -0.3 is 4.74 Å². The average molecular weight is 373 g/mol. The van der Waals surface area contributed by atoms with Crippen molar-refractivity contribution in [2.75, 3.05) is 0 Å². The van der Waals surface area contributed by atoms with Gasteiger partial charge in [0.1, 0.15) is 6.61 Å². The minimum absolute atomic E-state index is 0.00527. The number of ether oxygens (including phenoxy) is 1. The van der Waals surface area contributed by atoms with Crippen molar-refractivity contribution in [2.45, 2.75) is 12.8 Å². The van der Waals surface area contributed by atoms with Crippen molar-refractivity contribution in [2.24, 2.45) is 0 Å². The van der Waals surface area contributed by atoms with Crippen LogP contribution in [0.25, 0.3) is 10.9 Å². The van der Waals surface area contributed by atoms with Gasteiger partial charge in [-0.1, -0.05) is 23.2 Å². The van der Waals surface area contributed by atoms with E-state index in [0.717, 1.165) is 18.3 Å². The quantitative estimate of drug-likeness (QED) is 0.605. The van der Waals surface area contributed by atoms with Crippen molar-refractivity contribution >= 4 is 34.1 Å². The van der Waals surface area contributed by atoms with E-state index >= 15 is 0 Å². The summed E-state index contributed by atoms with van der Waals surface area (Å²) in [5.74, 6) is -0.125. The summed E-state index contributed by atoms with van der Waals surface area (Å²) in [4.78, 5) is 7.97. The number of rotatable bonds is 3. The van der Waals surface area contributed by atoms with Crippen LogP contribution in [0, 0.1) is 0 Å². The van der Waals surface area contributed by atoms with Crippen LogP contribution in [0.1, 0.15) is 11.1 Å². The first-order valence-corrected chi connectivity index (χ1v) is 7.49. The fraction of sp³-hybridized carbons (Fsp3) is 0.125. The van der Waals surface area contributed by atoms with Crippen molar-refractivity contribution in [1.29, 1.82) is 0 Å². The predicted octanol–water partition coefficient (Wildman–Crippen LogP) is 5.53. The number of halogens is 5. The summed E-state index contributed by atoms with van der Waals surface area (Å²) in [7, 11) is 0. The molecule has 0 aliphatic carbocycles. The Labute approximate surface area is 145 Å². The third-order valence-corrected chi connectivity index (χ3v) is 3.80. The van der Waals surface area contributed by atoms with Gasteiger partial charge in [-0.05, 0) is 24.3 Å². The normalized spacial score (nSPS) is 11.7. The maximum atomic E-state index is 12.7. The highest BCUT2D eigenvalue weighted by atomic mass is 35.5. The largest absolute Gasteiger partial charge is 0.473 e. The first kappa shape index (κ1) is 16.8. The molecule has 0 atom stereocenters. The number of benzene rings is 1. The van der Waals surface area contributed by atoms with E-state index in [0.29, 0.717) is 26.5 Å². The zero-order chi connectivity index (χ0) is 17.3. The standard InChI is InChI=1S/C16H9Cl2F3N2O/c17-11-6-12(18)15-9(1-3-22-13(15)7-11)8-24-14-5-10(2-4-23-14)16(19,20)21/h1-7H,8H2. The molecule has 0 spiro atoms. The zero-order valence-corrected chi connectivity index (χ0v) is 13.5. The number of hydrogen-bond donors (Lipinski definition) is 0. The van der Waals surface area contributed by atoms with E-state index in [1.165, 1.54) is 0 Å². The van der Waals surface area contributed by atoms with Gasteiger partial charge in [-0.25, -0.2) is 4.98 Å². The highest BCUT2D eigenvalue weighted by molar-refractivity contribution is 6.38. The van der Waals surface area contributed by atoms with Crippen molar-refractivity contribution in [3.8, 4) is 5.88 Å². The molecule has 0 fully saturated rings. The maximum Gasteiger partial charge on any atom is 0.416 e. The molecule has 24 heavy (non-hydrogen) atoms. The number of aromatic nitrogens is 2. The Morgan fingerprint density at radius 3 is 2.50 bits per heavy atom. The minimum atomic E-state index is -4.45. The molecule has 0 radical (unpaired) electrons. The fourth-order valence-electron chi connectivity index (χ4n) is 2.21. The molecule has 0 bridgehead atoms. The van der Waals surface area contributed by atoms with Crippen LogP contribution in [0.5, 0.6) is 5.88 Å². The Hall–Kier alpha value is -2.05. The van der Waals surface area contributed by atoms with Crippen LogP contribution in [0.15, 0.2) is 42.7 Å². The monoisotopic (exact) mass is 372 g/mol. The van der Waals surface area contributed by atoms with Crippen LogP contribution in [0.4, 0.5) is 13.2 Å². The molecule has 0 aliphatic rings. The van der Waals surface area contributed by atoms with E-state index < -0.39 is 11.7 Å². The first-order valence-electron chi connectivity index (χ1n) is 6.73. The van der Waals surface area contributed by atoms with E-state index in [1.54, 1.807) is 24.4 Å². The lowest BCUT2D eigenvalue weighted by molar-refractivity contribution is -0.137. The van der Waals surface area contributed by atoms with Gasteiger partial charge in [-0.2, -0.15) is 13.2 Å². The number of fused-ring (bicyclic) bond motifs is 1. The summed E-state index contributed by atoms with van der Waals surface area (Å²) >= 11 is 12.1. The number of alkyl halides is 3. The van der Waals surface area contributed by atoms with Crippen LogP contribution < -0.4 is 4.74 Å². The minimum Gasteiger partial charge on any atom is -0.473 e. The fourth-order valence-corrected chi connectivity index (χ4v) is 2.81. The lowest BCUT2D eigenvalue weighted by Gasteiger charge is -2.11. The van der Waals surface area contributed by atoms with Crippen molar-refractivity contribution in [3.63, 3.8) is 0 Å². The van der Waals surface area contributed by atoms with Crippen LogP contribution in [0.2, 0.25) is 10.0 Å². The SMILES string of the molecule is FC(F)(F)c1ccnc(OCc2ccnc3cc(Cl)cc(Cl)c23)c1. The molecule has 124 valence electrons. The van der Waals surface area contributed by atoms with E-state index in [4.69, 9.17) is 27.9 Å². The van der Waals surface area contributed by atoms with Crippen molar-refractivity contribution in [3.05, 3.63) is 63.9 Å². The summed E-state index contributed by atoms with van der Waals surface area (Å²) in [6.45, 7) is -0.00527. The summed E-state index contributed by atoms with van der Waals surface area (Å²) in [5.41, 5.74) is 0.420. The van der Waals surface area contributed by atoms with Crippen molar-refractivity contribution < 1.29 is 17.9 Å². The second-order valence-corrected chi connectivity index (χ2v) is 5.76. The van der Waals surface area contributed by atoms with Gasteiger partial charge >= 0.3 is 6.18 Å². The highest BCUT2D eigenvalue weighted by Crippen LogP contribution is 2.32. The Balaban J connectivity index is 1.89. The Morgan fingerprint density at radius 2 is 1.75 bits per heavy atom. The van der Waals surface area contributed by atoms with Gasteiger partial charge in [0.15, 0.2) is 0 Å². The third kappa shape index (κ3) is 3.55. The molecule has 8 heteroatoms. The molecule has 0 saturated heterocycles. The van der Waals surface area contributed by atoms with Crippen LogP contribution in [-0.2, 0) is 12.8 Å². The van der Waals surface area contributed by atoms with E-state index in [-0.39, 0.29) is 12.5 Å². The summed E-state index contributed by atoms with van der Waals surface area (Å²) < 4.78 is 43.5. The molecule has 0 N–H and O–H groups in total. The smallest absolute Gasteiger partial charge is 0.416 e. The second-order valence-electron chi connectivity index (χ2n) is 4.92. The number of pyridine rings is 2. The van der Waals surface area contributed by atoms with E-state index in [2.05, 4.69) is 9.97 Å². The van der Waals surface area contributed by atoms with E-state index in [9.17, 15) is 13.2 Å². The molecule has 3 rings (SSSR count). The molecule has 0 unspecified atom stereocenters. The molecule has 0 saturated carbocycles. The maximum absolute atomic E-state index is 12.7. The van der Waals surface area contributed by atoms with Gasteiger partial charge in [-0.3, -0.25) is 4.98 Å². The molecular formula is C16H9Cl2F3N2O. The summed E-state index contributed by atoms with van der Waals surface area (Å²) in [6, 6.07) is 6.62. The highest BCUT2D eigenvalue weighted by Gasteiger charge is 2.31. The molecule has 3 aromatic rings. The predicted molar refractivity (Wildman–Crippen MR) is 85.3 cm³/mol. The molecule has 2 heterocycles. The zero-order valence-electron chi connectivity index (χ0n) is 11.9. The first-order chi connectivity index (χ1) is 11.3. The molecule has 0 amide bonds. The average Bonchev–Trinajstić information content (AvgIpc) is 2.51. The Bertz CT molecular complexity index is 900. The van der Waals surface area contributed by atoms with Gasteiger partial charge in [0.25, 0.3) is 0 Å². The second kappa shape index (κ2) is 6.45. The molecule has 1 aromatic carbocycles. The van der Waals surface area contributed by atoms with Crippen LogP contribution in [0.3, 0.4) is 0 Å². The third-order valence-electron chi connectivity index (χ3n) is 3.28. The van der Waals surface area contributed by atoms with Gasteiger partial charge in [0, 0.05) is 34.4 Å². The number of nitrogens with zero attached hydrogens (tertiary/aromatic N) is 2. The number of hydrogen-bond acceptors (Lipinski definition) is 3. The topological polar surface area (TPSA) is 35.0 Å². The summed E-state index contributed by atoms with van der Waals surface area (Å²) in [6.07, 6.45) is -1.85. The lowest BCUT2D eigenvalue weighted by Crippen LogP contribution is -2.06. The summed E-state index contributed by atoms with van der Waals surface area (Å²) in [5, 5.41) is 1.47. The van der Waals surface area contributed by atoms with Crippen LogP contribution >= 0.6 is 23.2 Å². The molecule has 2 aromatic heterocycles. The van der Waals surface area contributed by atoms with Gasteiger partial charge in [0.05, 0.1) is 16.1 Å². The molecular weight excluding hydrogens is 364 g/mol. The molecule has 3 nitrogen and oxygen atoms in total. The van der Waals surface area contributed by atoms with Crippen molar-refractivity contribution in [1.82, 2.24) is 9.97 Å². The Kier molecular flexibility index (Phi) is 4.51. The van der Waals surface area contributed by atoms with E-state index in [1.807, 2.05) is 0 Å².